The summed E-state index contributed by atoms with van der Waals surface area (Å²) in [5.74, 6) is -1.34. The average Bonchev–Trinajstić information content (AvgIpc) is 3.03. The molecule has 1 amide bonds. The predicted molar refractivity (Wildman–Crippen MR) is 118 cm³/mol. The van der Waals surface area contributed by atoms with Crippen LogP contribution in [-0.2, 0) is 9.59 Å². The van der Waals surface area contributed by atoms with E-state index in [1.807, 2.05) is 25.9 Å². The summed E-state index contributed by atoms with van der Waals surface area (Å²) in [6.07, 6.45) is 0. The fourth-order valence-electron chi connectivity index (χ4n) is 3.66. The Morgan fingerprint density at radius 1 is 1.12 bits per heavy atom. The van der Waals surface area contributed by atoms with Crippen LogP contribution in [0.4, 0.5) is 4.39 Å². The number of amides is 1. The molecule has 2 aromatic rings. The number of ketones is 1. The van der Waals surface area contributed by atoms with E-state index in [9.17, 15) is 19.1 Å². The van der Waals surface area contributed by atoms with Crippen LogP contribution in [0.25, 0.3) is 5.76 Å². The second-order valence-electron chi connectivity index (χ2n) is 7.65. The Morgan fingerprint density at radius 3 is 2.41 bits per heavy atom. The van der Waals surface area contributed by atoms with E-state index in [1.165, 1.54) is 36.3 Å². The topological polar surface area (TPSA) is 79.3 Å². The molecular formula is C24H27FN2O5. The standard InChI is InChI=1S/C24H27FN2O5/c1-5-32-18-11-8-16(14-19(18)31-4)21-20(22(28)15-6-9-17(25)10-7-15)23(29)24(30)27(21)13-12-26(2)3/h6-11,14,21,28H,5,12-13H2,1-4H3/b22-20+/t21-/m0/s1. The van der Waals surface area contributed by atoms with Gasteiger partial charge in [0.05, 0.1) is 25.3 Å². The van der Waals surface area contributed by atoms with E-state index < -0.39 is 23.5 Å². The van der Waals surface area contributed by atoms with Gasteiger partial charge in [0.2, 0.25) is 0 Å². The van der Waals surface area contributed by atoms with Crippen LogP contribution in [0.15, 0.2) is 48.0 Å². The first kappa shape index (κ1) is 23.3. The lowest BCUT2D eigenvalue weighted by molar-refractivity contribution is -0.140. The molecule has 1 saturated heterocycles. The maximum atomic E-state index is 13.4. The first-order valence-corrected chi connectivity index (χ1v) is 10.3. The second kappa shape index (κ2) is 9.82. The maximum Gasteiger partial charge on any atom is 0.295 e. The molecule has 1 N–H and O–H groups in total. The van der Waals surface area contributed by atoms with Crippen molar-refractivity contribution >= 4 is 17.4 Å². The number of carbonyl (C=O) groups excluding carboxylic acids is 2. The van der Waals surface area contributed by atoms with E-state index in [4.69, 9.17) is 9.47 Å². The van der Waals surface area contributed by atoms with Crippen LogP contribution in [0.2, 0.25) is 0 Å². The van der Waals surface area contributed by atoms with E-state index in [1.54, 1.807) is 18.2 Å². The molecule has 0 aliphatic carbocycles. The molecule has 1 heterocycles. The molecule has 170 valence electrons. The summed E-state index contributed by atoms with van der Waals surface area (Å²) >= 11 is 0. The van der Waals surface area contributed by atoms with Crippen LogP contribution in [0.5, 0.6) is 11.5 Å². The van der Waals surface area contributed by atoms with Crippen molar-refractivity contribution in [2.75, 3.05) is 40.9 Å². The first-order valence-electron chi connectivity index (χ1n) is 10.3. The second-order valence-corrected chi connectivity index (χ2v) is 7.65. The summed E-state index contributed by atoms with van der Waals surface area (Å²) in [4.78, 5) is 29.3. The number of likely N-dealkylation sites (N-methyl/N-ethyl adjacent to an activating group) is 1. The van der Waals surface area contributed by atoms with Gasteiger partial charge >= 0.3 is 0 Å². The summed E-state index contributed by atoms with van der Waals surface area (Å²) in [5, 5.41) is 11.0. The van der Waals surface area contributed by atoms with Crippen molar-refractivity contribution in [2.24, 2.45) is 0 Å². The van der Waals surface area contributed by atoms with E-state index in [2.05, 4.69) is 0 Å². The fourth-order valence-corrected chi connectivity index (χ4v) is 3.66. The third kappa shape index (κ3) is 4.60. The summed E-state index contributed by atoms with van der Waals surface area (Å²) in [5.41, 5.74) is 0.790. The highest BCUT2D eigenvalue weighted by Gasteiger charge is 2.46. The van der Waals surface area contributed by atoms with Gasteiger partial charge in [0, 0.05) is 18.7 Å². The zero-order valence-corrected chi connectivity index (χ0v) is 18.6. The predicted octanol–water partition coefficient (Wildman–Crippen LogP) is 3.22. The first-order chi connectivity index (χ1) is 15.3. The molecule has 32 heavy (non-hydrogen) atoms. The zero-order chi connectivity index (χ0) is 23.4. The van der Waals surface area contributed by atoms with E-state index >= 15 is 0 Å². The number of ether oxygens (including phenoxy) is 2. The molecule has 0 bridgehead atoms. The van der Waals surface area contributed by atoms with Gasteiger partial charge < -0.3 is 24.4 Å². The zero-order valence-electron chi connectivity index (χ0n) is 18.6. The minimum atomic E-state index is -0.829. The van der Waals surface area contributed by atoms with Crippen molar-refractivity contribution in [3.05, 3.63) is 65.0 Å². The van der Waals surface area contributed by atoms with Crippen molar-refractivity contribution in [2.45, 2.75) is 13.0 Å². The van der Waals surface area contributed by atoms with Gasteiger partial charge in [-0.05, 0) is 63.0 Å². The Labute approximate surface area is 186 Å². The molecule has 0 aromatic heterocycles. The Kier molecular flexibility index (Phi) is 7.15. The largest absolute Gasteiger partial charge is 0.507 e. The van der Waals surface area contributed by atoms with Crippen LogP contribution in [0.3, 0.4) is 0 Å². The molecule has 0 radical (unpaired) electrons. The van der Waals surface area contributed by atoms with E-state index in [0.717, 1.165) is 0 Å². The highest BCUT2D eigenvalue weighted by Crippen LogP contribution is 2.41. The molecule has 1 fully saturated rings. The number of benzene rings is 2. The van der Waals surface area contributed by atoms with E-state index in [-0.39, 0.29) is 23.4 Å². The number of nitrogens with zero attached hydrogens (tertiary/aromatic N) is 2. The fraction of sp³-hybridized carbons (Fsp3) is 0.333. The summed E-state index contributed by atoms with van der Waals surface area (Å²) < 4.78 is 24.4. The van der Waals surface area contributed by atoms with Crippen molar-refractivity contribution < 1.29 is 28.6 Å². The minimum Gasteiger partial charge on any atom is -0.507 e. The van der Waals surface area contributed by atoms with E-state index in [0.29, 0.717) is 30.2 Å². The number of halogens is 1. The van der Waals surface area contributed by atoms with Crippen molar-refractivity contribution in [1.82, 2.24) is 9.80 Å². The Hall–Kier alpha value is -3.39. The van der Waals surface area contributed by atoms with Crippen LogP contribution >= 0.6 is 0 Å². The number of aliphatic hydroxyl groups excluding tert-OH is 1. The Bertz CT molecular complexity index is 1030. The normalized spacial score (nSPS) is 17.8. The molecule has 2 aromatic carbocycles. The number of hydrogen-bond acceptors (Lipinski definition) is 6. The molecule has 8 heteroatoms. The summed E-state index contributed by atoms with van der Waals surface area (Å²) in [6, 6.07) is 9.43. The third-order valence-corrected chi connectivity index (χ3v) is 5.25. The van der Waals surface area contributed by atoms with Gasteiger partial charge in [-0.1, -0.05) is 6.07 Å². The number of carbonyl (C=O) groups is 2. The quantitative estimate of drug-likeness (QED) is 0.384. The molecule has 1 aliphatic heterocycles. The van der Waals surface area contributed by atoms with Gasteiger partial charge in [-0.25, -0.2) is 4.39 Å². The molecule has 1 atom stereocenters. The molecule has 0 saturated carbocycles. The number of methoxy groups -OCH3 is 1. The van der Waals surface area contributed by atoms with Gasteiger partial charge in [-0.15, -0.1) is 0 Å². The molecule has 1 aliphatic rings. The monoisotopic (exact) mass is 442 g/mol. The van der Waals surface area contributed by atoms with Crippen LogP contribution in [0.1, 0.15) is 24.1 Å². The van der Waals surface area contributed by atoms with Crippen molar-refractivity contribution in [3.8, 4) is 11.5 Å². The lowest BCUT2D eigenvalue weighted by Gasteiger charge is -2.27. The number of rotatable bonds is 8. The van der Waals surface area contributed by atoms with Gasteiger partial charge in [0.25, 0.3) is 11.7 Å². The van der Waals surface area contributed by atoms with Crippen molar-refractivity contribution in [3.63, 3.8) is 0 Å². The Balaban J connectivity index is 2.16. The van der Waals surface area contributed by atoms with Crippen LogP contribution < -0.4 is 9.47 Å². The lowest BCUT2D eigenvalue weighted by atomic mass is 9.95. The van der Waals surface area contributed by atoms with Crippen LogP contribution in [-0.4, -0.2) is 67.5 Å². The molecule has 0 unspecified atom stereocenters. The minimum absolute atomic E-state index is 0.0495. The number of Topliss-reactive ketones (excluding diaryl/α,β-unsaturated/α-hetero) is 1. The van der Waals surface area contributed by atoms with Crippen molar-refractivity contribution in [1.29, 1.82) is 0 Å². The molecule has 7 nitrogen and oxygen atoms in total. The molecule has 3 rings (SSSR count). The smallest absolute Gasteiger partial charge is 0.295 e. The number of likely N-dealkylation sites (tertiary alicyclic amines) is 1. The highest BCUT2D eigenvalue weighted by atomic mass is 19.1. The Morgan fingerprint density at radius 2 is 1.81 bits per heavy atom. The van der Waals surface area contributed by atoms with Gasteiger partial charge in [0.15, 0.2) is 11.5 Å². The molecule has 0 spiro atoms. The maximum absolute atomic E-state index is 13.4. The summed E-state index contributed by atoms with van der Waals surface area (Å²) in [7, 11) is 5.23. The summed E-state index contributed by atoms with van der Waals surface area (Å²) in [6.45, 7) is 3.10. The SMILES string of the molecule is CCOc1ccc([C@H]2/C(=C(\O)c3ccc(F)cc3)C(=O)C(=O)N2CCN(C)C)cc1OC. The average molecular weight is 442 g/mol. The lowest BCUT2D eigenvalue weighted by Crippen LogP contribution is -2.35. The number of hydrogen-bond donors (Lipinski definition) is 1. The molecular weight excluding hydrogens is 415 g/mol. The van der Waals surface area contributed by atoms with Gasteiger partial charge in [-0.3, -0.25) is 9.59 Å². The number of aliphatic hydroxyl groups is 1. The third-order valence-electron chi connectivity index (χ3n) is 5.25. The van der Waals surface area contributed by atoms with Crippen LogP contribution in [0, 0.1) is 5.82 Å². The van der Waals surface area contributed by atoms with Gasteiger partial charge in [-0.2, -0.15) is 0 Å². The van der Waals surface area contributed by atoms with Gasteiger partial charge in [0.1, 0.15) is 11.6 Å². The highest BCUT2D eigenvalue weighted by molar-refractivity contribution is 6.46.